The van der Waals surface area contributed by atoms with Gasteiger partial charge in [0.15, 0.2) is 0 Å². The van der Waals surface area contributed by atoms with E-state index in [9.17, 15) is 0 Å². The molecular formula is C4H5BrN2. The first kappa shape index (κ1) is 5.09. The minimum absolute atomic E-state index is 0.0810. The first-order chi connectivity index (χ1) is 3.29. The van der Waals surface area contributed by atoms with Crippen LogP contribution in [0.15, 0.2) is 4.99 Å². The highest BCUT2D eigenvalue weighted by Gasteiger charge is 2.10. The zero-order valence-corrected chi connectivity index (χ0v) is 5.51. The van der Waals surface area contributed by atoms with Gasteiger partial charge in [0, 0.05) is 7.05 Å². The van der Waals surface area contributed by atoms with Crippen molar-refractivity contribution in [3.05, 3.63) is 6.54 Å². The summed E-state index contributed by atoms with van der Waals surface area (Å²) in [6.07, 6.45) is 1.72. The molecule has 1 aliphatic heterocycles. The molecule has 1 heterocycles. The molecular weight excluding hydrogens is 156 g/mol. The van der Waals surface area contributed by atoms with E-state index < -0.39 is 0 Å². The first-order valence-electron chi connectivity index (χ1n) is 1.95. The van der Waals surface area contributed by atoms with Gasteiger partial charge >= 0.3 is 0 Å². The van der Waals surface area contributed by atoms with E-state index in [1.165, 1.54) is 0 Å². The lowest BCUT2D eigenvalue weighted by Crippen LogP contribution is -2.08. The van der Waals surface area contributed by atoms with Crippen LogP contribution in [-0.2, 0) is 0 Å². The van der Waals surface area contributed by atoms with Crippen LogP contribution in [0.4, 0.5) is 0 Å². The quantitative estimate of drug-likeness (QED) is 0.377. The van der Waals surface area contributed by atoms with Crippen molar-refractivity contribution in [3.8, 4) is 0 Å². The molecule has 38 valence electrons. The van der Waals surface area contributed by atoms with E-state index >= 15 is 0 Å². The molecule has 1 atom stereocenters. The lowest BCUT2D eigenvalue weighted by Gasteiger charge is -2.00. The molecule has 0 aromatic heterocycles. The fraction of sp³-hybridized carbons (Fsp3) is 0.500. The van der Waals surface area contributed by atoms with E-state index in [0.29, 0.717) is 0 Å². The molecule has 0 fully saturated rings. The monoisotopic (exact) mass is 160 g/mol. The number of hydrogen-bond acceptors (Lipinski definition) is 2. The lowest BCUT2D eigenvalue weighted by atomic mass is 10.6. The highest BCUT2D eigenvalue weighted by atomic mass is 79.9. The Labute approximate surface area is 51.4 Å². The second kappa shape index (κ2) is 1.82. The Kier molecular flexibility index (Phi) is 1.32. The van der Waals surface area contributed by atoms with Gasteiger partial charge in [-0.25, -0.2) is 0 Å². The van der Waals surface area contributed by atoms with Crippen molar-refractivity contribution in [3.63, 3.8) is 0 Å². The maximum absolute atomic E-state index is 3.92. The van der Waals surface area contributed by atoms with Crippen LogP contribution in [-0.4, -0.2) is 23.2 Å². The summed E-state index contributed by atoms with van der Waals surface area (Å²) in [4.78, 5) is 5.80. The normalized spacial score (nSPS) is 29.4. The van der Waals surface area contributed by atoms with E-state index in [-0.39, 0.29) is 4.95 Å². The lowest BCUT2D eigenvalue weighted by molar-refractivity contribution is 0.649. The molecule has 1 rings (SSSR count). The fourth-order valence-electron chi connectivity index (χ4n) is 0.393. The van der Waals surface area contributed by atoms with Crippen LogP contribution in [0.3, 0.4) is 0 Å². The van der Waals surface area contributed by atoms with Gasteiger partial charge in [-0.05, 0) is 0 Å². The summed E-state index contributed by atoms with van der Waals surface area (Å²) < 4.78 is 0. The number of nitrogens with zero attached hydrogens (tertiary/aromatic N) is 2. The molecule has 1 unspecified atom stereocenters. The Hall–Kier alpha value is -0.0500. The summed E-state index contributed by atoms with van der Waals surface area (Å²) in [5.41, 5.74) is 0. The number of hydrogen-bond donors (Lipinski definition) is 0. The standard InChI is InChI=1S/C4H5BrN2/c1-7-2-4(5)6-3-7/h3-4H,1H3. The Morgan fingerprint density at radius 3 is 2.86 bits per heavy atom. The Morgan fingerprint density at radius 2 is 2.71 bits per heavy atom. The van der Waals surface area contributed by atoms with Crippen LogP contribution in [0.25, 0.3) is 0 Å². The summed E-state index contributed by atoms with van der Waals surface area (Å²) in [6, 6.07) is 0. The van der Waals surface area contributed by atoms with Gasteiger partial charge in [0.2, 0.25) is 0 Å². The topological polar surface area (TPSA) is 15.6 Å². The summed E-state index contributed by atoms with van der Waals surface area (Å²) >= 11 is 3.23. The third-order valence-corrected chi connectivity index (χ3v) is 1.12. The van der Waals surface area contributed by atoms with E-state index in [1.807, 2.05) is 7.05 Å². The maximum atomic E-state index is 3.92. The molecule has 0 saturated carbocycles. The number of aliphatic imine (C=N–C) groups is 1. The van der Waals surface area contributed by atoms with Gasteiger partial charge in [0.1, 0.15) is 11.5 Å². The molecule has 0 N–H and O–H groups in total. The largest absolute Gasteiger partial charge is 0.352 e. The first-order valence-corrected chi connectivity index (χ1v) is 2.87. The third kappa shape index (κ3) is 1.16. The van der Waals surface area contributed by atoms with Gasteiger partial charge in [-0.1, -0.05) is 15.9 Å². The average molecular weight is 161 g/mol. The van der Waals surface area contributed by atoms with Crippen LogP contribution in [0, 0.1) is 6.54 Å². The summed E-state index contributed by atoms with van der Waals surface area (Å²) in [5, 5.41) is 0. The number of halogens is 1. The molecule has 0 aliphatic carbocycles. The van der Waals surface area contributed by atoms with Gasteiger partial charge in [-0.3, -0.25) is 4.99 Å². The summed E-state index contributed by atoms with van der Waals surface area (Å²) in [5.74, 6) is 0. The van der Waals surface area contributed by atoms with Gasteiger partial charge in [0.25, 0.3) is 0 Å². The number of likely N-dealkylation sites (N-methyl/N-ethyl adjacent to an activating group) is 1. The Morgan fingerprint density at radius 1 is 2.00 bits per heavy atom. The van der Waals surface area contributed by atoms with Crippen LogP contribution < -0.4 is 0 Å². The Bertz CT molecular complexity index is 81.7. The zero-order valence-electron chi connectivity index (χ0n) is 3.93. The van der Waals surface area contributed by atoms with Gasteiger partial charge in [-0.15, -0.1) is 0 Å². The molecule has 0 saturated heterocycles. The molecule has 7 heavy (non-hydrogen) atoms. The molecule has 2 radical (unpaired) electrons. The minimum Gasteiger partial charge on any atom is -0.352 e. The van der Waals surface area contributed by atoms with Gasteiger partial charge < -0.3 is 4.90 Å². The molecule has 1 aliphatic rings. The van der Waals surface area contributed by atoms with Crippen LogP contribution in [0.1, 0.15) is 0 Å². The average Bonchev–Trinajstić information content (AvgIpc) is 1.87. The second-order valence-electron chi connectivity index (χ2n) is 1.34. The van der Waals surface area contributed by atoms with Crippen molar-refractivity contribution >= 4 is 22.3 Å². The SMILES string of the molecule is CN1[C]C(Br)N=C1. The molecule has 2 nitrogen and oxygen atoms in total. The number of rotatable bonds is 0. The Balaban J connectivity index is 2.42. The minimum atomic E-state index is 0.0810. The molecule has 0 spiro atoms. The van der Waals surface area contributed by atoms with E-state index in [2.05, 4.69) is 27.5 Å². The summed E-state index contributed by atoms with van der Waals surface area (Å²) in [6.45, 7) is 2.94. The highest BCUT2D eigenvalue weighted by molar-refractivity contribution is 9.09. The van der Waals surface area contributed by atoms with Crippen molar-refractivity contribution < 1.29 is 0 Å². The molecule has 0 aromatic carbocycles. The fourth-order valence-corrected chi connectivity index (χ4v) is 0.822. The summed E-state index contributed by atoms with van der Waals surface area (Å²) in [7, 11) is 1.89. The predicted octanol–water partition coefficient (Wildman–Crippen LogP) is 0.720. The van der Waals surface area contributed by atoms with E-state index in [0.717, 1.165) is 0 Å². The van der Waals surface area contributed by atoms with Crippen molar-refractivity contribution in [2.24, 2.45) is 4.99 Å². The van der Waals surface area contributed by atoms with Crippen LogP contribution >= 0.6 is 15.9 Å². The molecule has 0 amide bonds. The van der Waals surface area contributed by atoms with Crippen LogP contribution in [0.2, 0.25) is 0 Å². The van der Waals surface area contributed by atoms with E-state index in [4.69, 9.17) is 0 Å². The van der Waals surface area contributed by atoms with Crippen molar-refractivity contribution in [1.82, 2.24) is 4.90 Å². The molecule has 3 heteroatoms. The predicted molar refractivity (Wildman–Crippen MR) is 32.2 cm³/mol. The van der Waals surface area contributed by atoms with E-state index in [1.54, 1.807) is 11.2 Å². The van der Waals surface area contributed by atoms with Crippen LogP contribution in [0.5, 0.6) is 0 Å². The van der Waals surface area contributed by atoms with Crippen molar-refractivity contribution in [2.75, 3.05) is 7.05 Å². The highest BCUT2D eigenvalue weighted by Crippen LogP contribution is 2.11. The smallest absolute Gasteiger partial charge is 0.134 e. The molecule has 0 bridgehead atoms. The van der Waals surface area contributed by atoms with Crippen molar-refractivity contribution in [2.45, 2.75) is 4.95 Å². The maximum Gasteiger partial charge on any atom is 0.134 e. The zero-order chi connectivity index (χ0) is 5.28. The number of alkyl halides is 1. The van der Waals surface area contributed by atoms with Crippen molar-refractivity contribution in [1.29, 1.82) is 0 Å². The van der Waals surface area contributed by atoms with Gasteiger partial charge in [0.05, 0.1) is 6.34 Å². The third-order valence-electron chi connectivity index (χ3n) is 0.681. The second-order valence-corrected chi connectivity index (χ2v) is 2.21. The molecule has 0 aromatic rings. The van der Waals surface area contributed by atoms with Gasteiger partial charge in [-0.2, -0.15) is 0 Å².